The fourth-order valence-electron chi connectivity index (χ4n) is 1.60. The zero-order valence-corrected chi connectivity index (χ0v) is 10.2. The first kappa shape index (κ1) is 11.5. The average molecular weight is 248 g/mol. The number of imidazole rings is 1. The summed E-state index contributed by atoms with van der Waals surface area (Å²) in [6, 6.07) is 7.38. The minimum atomic E-state index is 0.365. The molecule has 0 fully saturated rings. The number of rotatable bonds is 2. The van der Waals surface area contributed by atoms with Crippen LogP contribution in [0.25, 0.3) is 11.3 Å². The SMILES string of the molecule is COc1ccc(-c2[nH]c(C)nc2C#N)cc1Cl. The fraction of sp³-hybridized carbons (Fsp3) is 0.167. The van der Waals surface area contributed by atoms with Gasteiger partial charge in [0.15, 0.2) is 5.69 Å². The molecule has 0 bridgehead atoms. The zero-order valence-electron chi connectivity index (χ0n) is 9.41. The third-order valence-corrected chi connectivity index (χ3v) is 2.66. The Kier molecular flexibility index (Phi) is 3.03. The molecular formula is C12H10ClN3O. The highest BCUT2D eigenvalue weighted by Crippen LogP contribution is 2.30. The lowest BCUT2D eigenvalue weighted by Gasteiger charge is -2.04. The number of nitrogens with one attached hydrogen (secondary N) is 1. The molecule has 17 heavy (non-hydrogen) atoms. The van der Waals surface area contributed by atoms with E-state index in [-0.39, 0.29) is 0 Å². The molecule has 5 heteroatoms. The van der Waals surface area contributed by atoms with Crippen molar-refractivity contribution in [3.8, 4) is 23.1 Å². The van der Waals surface area contributed by atoms with E-state index in [0.717, 1.165) is 5.56 Å². The van der Waals surface area contributed by atoms with Gasteiger partial charge in [-0.1, -0.05) is 11.6 Å². The van der Waals surface area contributed by atoms with Gasteiger partial charge in [0.05, 0.1) is 17.8 Å². The number of nitrogens with zero attached hydrogens (tertiary/aromatic N) is 2. The predicted octanol–water partition coefficient (Wildman–Crippen LogP) is 2.92. The second kappa shape index (κ2) is 4.48. The zero-order chi connectivity index (χ0) is 12.4. The van der Waals surface area contributed by atoms with E-state index in [9.17, 15) is 0 Å². The largest absolute Gasteiger partial charge is 0.495 e. The molecule has 0 saturated carbocycles. The van der Waals surface area contributed by atoms with Crippen LogP contribution >= 0.6 is 11.6 Å². The number of aromatic amines is 1. The standard InChI is InChI=1S/C12H10ClN3O/c1-7-15-10(6-14)12(16-7)8-3-4-11(17-2)9(13)5-8/h3-5H,1-2H3,(H,15,16). The summed E-state index contributed by atoms with van der Waals surface area (Å²) in [6.45, 7) is 1.80. The van der Waals surface area contributed by atoms with Crippen molar-refractivity contribution in [3.63, 3.8) is 0 Å². The van der Waals surface area contributed by atoms with Crippen LogP contribution in [0, 0.1) is 18.3 Å². The molecule has 0 radical (unpaired) electrons. The highest BCUT2D eigenvalue weighted by atomic mass is 35.5. The second-order valence-corrected chi connectivity index (χ2v) is 3.91. The molecule has 2 aromatic rings. The number of aromatic nitrogens is 2. The number of hydrogen-bond donors (Lipinski definition) is 1. The highest BCUT2D eigenvalue weighted by molar-refractivity contribution is 6.32. The summed E-state index contributed by atoms with van der Waals surface area (Å²) in [7, 11) is 1.56. The van der Waals surface area contributed by atoms with Crippen LogP contribution in [0.15, 0.2) is 18.2 Å². The van der Waals surface area contributed by atoms with Crippen molar-refractivity contribution in [1.82, 2.24) is 9.97 Å². The number of nitriles is 1. The first-order valence-electron chi connectivity index (χ1n) is 4.96. The van der Waals surface area contributed by atoms with E-state index in [1.165, 1.54) is 0 Å². The number of ether oxygens (including phenoxy) is 1. The first-order valence-corrected chi connectivity index (χ1v) is 5.34. The Morgan fingerprint density at radius 1 is 1.47 bits per heavy atom. The predicted molar refractivity (Wildman–Crippen MR) is 65.0 cm³/mol. The molecule has 4 nitrogen and oxygen atoms in total. The van der Waals surface area contributed by atoms with Crippen molar-refractivity contribution >= 4 is 11.6 Å². The van der Waals surface area contributed by atoms with Gasteiger partial charge in [0.25, 0.3) is 0 Å². The summed E-state index contributed by atoms with van der Waals surface area (Å²) in [6.07, 6.45) is 0. The maximum absolute atomic E-state index is 8.97. The highest BCUT2D eigenvalue weighted by Gasteiger charge is 2.11. The van der Waals surface area contributed by atoms with Crippen LogP contribution in [0.3, 0.4) is 0 Å². The molecule has 1 heterocycles. The quantitative estimate of drug-likeness (QED) is 0.888. The lowest BCUT2D eigenvalue weighted by Crippen LogP contribution is -1.87. The minimum absolute atomic E-state index is 0.365. The summed E-state index contributed by atoms with van der Waals surface area (Å²) in [5.41, 5.74) is 1.85. The van der Waals surface area contributed by atoms with Gasteiger partial charge in [0.1, 0.15) is 17.6 Å². The van der Waals surface area contributed by atoms with Gasteiger partial charge in [-0.3, -0.25) is 0 Å². The third kappa shape index (κ3) is 2.10. The summed E-state index contributed by atoms with van der Waals surface area (Å²) in [4.78, 5) is 7.13. The molecule has 0 atom stereocenters. The van der Waals surface area contributed by atoms with E-state index in [1.54, 1.807) is 26.2 Å². The van der Waals surface area contributed by atoms with Gasteiger partial charge in [-0.05, 0) is 25.1 Å². The fourth-order valence-corrected chi connectivity index (χ4v) is 1.86. The molecule has 0 amide bonds. The number of methoxy groups -OCH3 is 1. The van der Waals surface area contributed by atoms with Gasteiger partial charge in [0, 0.05) is 5.56 Å². The van der Waals surface area contributed by atoms with E-state index in [1.807, 2.05) is 12.1 Å². The molecule has 0 spiro atoms. The van der Waals surface area contributed by atoms with Crippen LogP contribution in [0.2, 0.25) is 5.02 Å². The van der Waals surface area contributed by atoms with Crippen LogP contribution in [0.5, 0.6) is 5.75 Å². The van der Waals surface area contributed by atoms with Gasteiger partial charge in [-0.25, -0.2) is 4.98 Å². The topological polar surface area (TPSA) is 61.7 Å². The number of hydrogen-bond acceptors (Lipinski definition) is 3. The summed E-state index contributed by atoms with van der Waals surface area (Å²) < 4.78 is 5.07. The van der Waals surface area contributed by atoms with Crippen LogP contribution in [-0.4, -0.2) is 17.1 Å². The van der Waals surface area contributed by atoms with Gasteiger partial charge < -0.3 is 9.72 Å². The van der Waals surface area contributed by atoms with Gasteiger partial charge in [0.2, 0.25) is 0 Å². The molecule has 0 aliphatic carbocycles. The molecular weight excluding hydrogens is 238 g/mol. The summed E-state index contributed by atoms with van der Waals surface area (Å²) in [5, 5.41) is 9.47. The van der Waals surface area contributed by atoms with Crippen molar-refractivity contribution in [2.24, 2.45) is 0 Å². The Labute approximate surface area is 104 Å². The molecule has 0 aliphatic rings. The molecule has 2 rings (SSSR count). The van der Waals surface area contributed by atoms with Crippen molar-refractivity contribution < 1.29 is 4.74 Å². The van der Waals surface area contributed by atoms with Crippen molar-refractivity contribution in [2.75, 3.05) is 7.11 Å². The van der Waals surface area contributed by atoms with Gasteiger partial charge >= 0.3 is 0 Å². The summed E-state index contributed by atoms with van der Waals surface area (Å²) >= 11 is 6.04. The Bertz CT molecular complexity index is 598. The maximum Gasteiger partial charge on any atom is 0.166 e. The molecule has 86 valence electrons. The van der Waals surface area contributed by atoms with E-state index in [2.05, 4.69) is 9.97 Å². The summed E-state index contributed by atoms with van der Waals surface area (Å²) in [5.74, 6) is 1.30. The van der Waals surface area contributed by atoms with E-state index in [0.29, 0.717) is 28.0 Å². The van der Waals surface area contributed by atoms with E-state index in [4.69, 9.17) is 21.6 Å². The van der Waals surface area contributed by atoms with Crippen molar-refractivity contribution in [2.45, 2.75) is 6.92 Å². The number of H-pyrrole nitrogens is 1. The van der Waals surface area contributed by atoms with Crippen LogP contribution < -0.4 is 4.74 Å². The number of halogens is 1. The Morgan fingerprint density at radius 3 is 2.82 bits per heavy atom. The Balaban J connectivity index is 2.54. The smallest absolute Gasteiger partial charge is 0.166 e. The monoisotopic (exact) mass is 247 g/mol. The number of aryl methyl sites for hydroxylation is 1. The van der Waals surface area contributed by atoms with Crippen molar-refractivity contribution in [1.29, 1.82) is 5.26 Å². The third-order valence-electron chi connectivity index (χ3n) is 2.37. The van der Waals surface area contributed by atoms with E-state index >= 15 is 0 Å². The van der Waals surface area contributed by atoms with Gasteiger partial charge in [-0.15, -0.1) is 0 Å². The molecule has 1 aromatic carbocycles. The lowest BCUT2D eigenvalue weighted by atomic mass is 10.1. The average Bonchev–Trinajstić information content (AvgIpc) is 2.70. The minimum Gasteiger partial charge on any atom is -0.495 e. The molecule has 1 N–H and O–H groups in total. The molecule has 0 aliphatic heterocycles. The van der Waals surface area contributed by atoms with Crippen LogP contribution in [-0.2, 0) is 0 Å². The van der Waals surface area contributed by atoms with Crippen molar-refractivity contribution in [3.05, 3.63) is 34.7 Å². The van der Waals surface area contributed by atoms with Crippen LogP contribution in [0.1, 0.15) is 11.5 Å². The molecule has 1 aromatic heterocycles. The Morgan fingerprint density at radius 2 is 2.24 bits per heavy atom. The Hall–Kier alpha value is -1.99. The number of benzene rings is 1. The second-order valence-electron chi connectivity index (χ2n) is 3.51. The first-order chi connectivity index (χ1) is 8.15. The van der Waals surface area contributed by atoms with Gasteiger partial charge in [-0.2, -0.15) is 5.26 Å². The van der Waals surface area contributed by atoms with Crippen LogP contribution in [0.4, 0.5) is 0 Å². The van der Waals surface area contributed by atoms with E-state index < -0.39 is 0 Å². The lowest BCUT2D eigenvalue weighted by molar-refractivity contribution is 0.415. The normalized spacial score (nSPS) is 10.0. The maximum atomic E-state index is 8.97. The molecule has 0 saturated heterocycles. The molecule has 0 unspecified atom stereocenters.